The van der Waals surface area contributed by atoms with E-state index in [1.54, 1.807) is 0 Å². The third-order valence-electron chi connectivity index (χ3n) is 2.50. The summed E-state index contributed by atoms with van der Waals surface area (Å²) < 4.78 is 23.9. The minimum absolute atomic E-state index is 0.199. The van der Waals surface area contributed by atoms with E-state index < -0.39 is 7.82 Å². The Morgan fingerprint density at radius 3 is 2.10 bits per heavy atom. The van der Waals surface area contributed by atoms with Gasteiger partial charge >= 0.3 is 0 Å². The van der Waals surface area contributed by atoms with E-state index in [0.29, 0.717) is 12.8 Å². The van der Waals surface area contributed by atoms with Crippen molar-refractivity contribution < 1.29 is 23.1 Å². The van der Waals surface area contributed by atoms with Crippen LogP contribution in [0.15, 0.2) is 18.7 Å². The van der Waals surface area contributed by atoms with Crippen LogP contribution in [0.2, 0.25) is 0 Å². The predicted octanol–water partition coefficient (Wildman–Crippen LogP) is 2.42. The third kappa shape index (κ3) is 11.6. The Hall–Kier alpha value is -0.680. The molecule has 7 heteroatoms. The average Bonchev–Trinajstić information content (AvgIpc) is 2.87. The second kappa shape index (κ2) is 11.9. The van der Waals surface area contributed by atoms with Crippen molar-refractivity contribution in [2.45, 2.75) is 53.0 Å². The molecular weight excluding hydrogens is 291 g/mol. The van der Waals surface area contributed by atoms with Crippen molar-refractivity contribution in [2.75, 3.05) is 13.2 Å². The number of nitrogens with zero attached hydrogens (tertiary/aromatic N) is 2. The molecule has 1 aromatic heterocycles. The van der Waals surface area contributed by atoms with Crippen LogP contribution in [-0.2, 0) is 27.2 Å². The van der Waals surface area contributed by atoms with Gasteiger partial charge in [0.2, 0.25) is 6.33 Å². The van der Waals surface area contributed by atoms with Crippen LogP contribution in [0.5, 0.6) is 0 Å². The van der Waals surface area contributed by atoms with Gasteiger partial charge in [0.25, 0.3) is 7.82 Å². The van der Waals surface area contributed by atoms with Gasteiger partial charge in [0.05, 0.1) is 26.8 Å². The van der Waals surface area contributed by atoms with E-state index in [1.165, 1.54) is 12.8 Å². The molecule has 0 N–H and O–H groups in total. The quantitative estimate of drug-likeness (QED) is 0.518. The molecule has 124 valence electrons. The molecule has 0 atom stereocenters. The van der Waals surface area contributed by atoms with Crippen LogP contribution in [0.3, 0.4) is 0 Å². The Morgan fingerprint density at radius 2 is 1.71 bits per heavy atom. The molecule has 0 aliphatic heterocycles. The van der Waals surface area contributed by atoms with Crippen LogP contribution < -0.4 is 9.46 Å². The number of aromatic nitrogens is 2. The summed E-state index contributed by atoms with van der Waals surface area (Å²) >= 11 is 0. The van der Waals surface area contributed by atoms with Crippen LogP contribution in [0, 0.1) is 0 Å². The Kier molecular flexibility index (Phi) is 11.5. The Bertz CT molecular complexity index is 397. The molecule has 0 aliphatic carbocycles. The highest BCUT2D eigenvalue weighted by Crippen LogP contribution is 2.38. The number of rotatable bonds is 9. The molecule has 0 unspecified atom stereocenters. The molecule has 0 spiro atoms. The van der Waals surface area contributed by atoms with Gasteiger partial charge in [-0.05, 0) is 19.3 Å². The van der Waals surface area contributed by atoms with Crippen molar-refractivity contribution in [3.05, 3.63) is 18.7 Å². The zero-order valence-electron chi connectivity index (χ0n) is 13.7. The first-order valence-electron chi connectivity index (χ1n) is 7.56. The summed E-state index contributed by atoms with van der Waals surface area (Å²) in [5, 5.41) is 0. The monoisotopic (exact) mass is 320 g/mol. The molecule has 1 heterocycles. The molecular formula is C14H29N2O4P. The summed E-state index contributed by atoms with van der Waals surface area (Å²) in [4.78, 5) is 10.7. The molecule has 0 amide bonds. The lowest BCUT2D eigenvalue weighted by Gasteiger charge is -2.21. The SMILES string of the molecule is CCCCn1cc[n+](C)c1.CCCOP(=O)([O-])OCCC. The standard InChI is InChI=1S/C8H15N2.C6H15O4P/c1-3-4-5-10-7-6-9(2)8-10;1-3-5-9-11(7,8)10-6-4-2/h6-8H,3-5H2,1-2H3;3-6H2,1-2H3,(H,7,8)/q+1;/p-1. The molecule has 0 saturated heterocycles. The fourth-order valence-corrected chi connectivity index (χ4v) is 2.31. The number of aryl methyl sites for hydroxylation is 2. The normalized spacial score (nSPS) is 11.1. The Balaban J connectivity index is 0.000000382. The lowest BCUT2D eigenvalue weighted by molar-refractivity contribution is -0.671. The summed E-state index contributed by atoms with van der Waals surface area (Å²) in [6.07, 6.45) is 10.2. The largest absolute Gasteiger partial charge is 0.756 e. The lowest BCUT2D eigenvalue weighted by atomic mass is 10.3. The third-order valence-corrected chi connectivity index (χ3v) is 3.50. The maximum Gasteiger partial charge on any atom is 0.267 e. The van der Waals surface area contributed by atoms with E-state index in [-0.39, 0.29) is 13.2 Å². The molecule has 0 aliphatic rings. The smallest absolute Gasteiger partial charge is 0.267 e. The first kappa shape index (κ1) is 20.3. The van der Waals surface area contributed by atoms with E-state index in [0.717, 1.165) is 6.54 Å². The fraction of sp³-hybridized carbons (Fsp3) is 0.786. The Morgan fingerprint density at radius 1 is 1.14 bits per heavy atom. The van der Waals surface area contributed by atoms with E-state index in [9.17, 15) is 9.46 Å². The van der Waals surface area contributed by atoms with Gasteiger partial charge in [0.1, 0.15) is 12.4 Å². The van der Waals surface area contributed by atoms with Crippen molar-refractivity contribution in [3.63, 3.8) is 0 Å². The van der Waals surface area contributed by atoms with E-state index in [4.69, 9.17) is 0 Å². The second-order valence-corrected chi connectivity index (χ2v) is 6.19. The van der Waals surface area contributed by atoms with Gasteiger partial charge in [-0.15, -0.1) is 0 Å². The van der Waals surface area contributed by atoms with Crippen LogP contribution in [0.4, 0.5) is 0 Å². The molecule has 0 radical (unpaired) electrons. The summed E-state index contributed by atoms with van der Waals surface area (Å²) in [5.41, 5.74) is 0. The number of imidazole rings is 1. The zero-order valence-corrected chi connectivity index (χ0v) is 14.6. The van der Waals surface area contributed by atoms with Crippen LogP contribution >= 0.6 is 7.82 Å². The second-order valence-electron chi connectivity index (χ2n) is 4.78. The number of hydrogen-bond donors (Lipinski definition) is 0. The minimum Gasteiger partial charge on any atom is -0.756 e. The first-order valence-corrected chi connectivity index (χ1v) is 9.02. The molecule has 0 aromatic carbocycles. The Labute approximate surface area is 128 Å². The maximum absolute atomic E-state index is 10.7. The number of unbranched alkanes of at least 4 members (excludes halogenated alkanes) is 1. The van der Waals surface area contributed by atoms with Gasteiger partial charge in [0.15, 0.2) is 0 Å². The topological polar surface area (TPSA) is 67.4 Å². The summed E-state index contributed by atoms with van der Waals surface area (Å²) in [6, 6.07) is 0. The minimum atomic E-state index is -3.98. The zero-order chi connectivity index (χ0) is 16.1. The summed E-state index contributed by atoms with van der Waals surface area (Å²) in [7, 11) is -1.93. The molecule has 1 aromatic rings. The van der Waals surface area contributed by atoms with Gasteiger partial charge < -0.3 is 13.9 Å². The van der Waals surface area contributed by atoms with E-state index in [1.807, 2.05) is 20.9 Å². The first-order chi connectivity index (χ1) is 9.95. The summed E-state index contributed by atoms with van der Waals surface area (Å²) in [5.74, 6) is 0. The average molecular weight is 320 g/mol. The highest BCUT2D eigenvalue weighted by atomic mass is 31.2. The summed E-state index contributed by atoms with van der Waals surface area (Å²) in [6.45, 7) is 7.43. The van der Waals surface area contributed by atoms with Crippen LogP contribution in [0.1, 0.15) is 46.5 Å². The van der Waals surface area contributed by atoms with Gasteiger partial charge in [-0.2, -0.15) is 0 Å². The maximum atomic E-state index is 10.7. The number of phosphoric ester groups is 1. The van der Waals surface area contributed by atoms with Crippen molar-refractivity contribution in [2.24, 2.45) is 7.05 Å². The van der Waals surface area contributed by atoms with Gasteiger partial charge in [-0.1, -0.05) is 27.2 Å². The fourth-order valence-electron chi connectivity index (χ4n) is 1.42. The van der Waals surface area contributed by atoms with Gasteiger partial charge in [-0.25, -0.2) is 9.13 Å². The van der Waals surface area contributed by atoms with Gasteiger partial charge in [-0.3, -0.25) is 4.57 Å². The lowest BCUT2D eigenvalue weighted by Crippen LogP contribution is -2.23. The molecule has 0 fully saturated rings. The van der Waals surface area contributed by atoms with Crippen molar-refractivity contribution in [1.82, 2.24) is 4.57 Å². The van der Waals surface area contributed by atoms with Crippen molar-refractivity contribution in [1.29, 1.82) is 0 Å². The van der Waals surface area contributed by atoms with Crippen molar-refractivity contribution in [3.8, 4) is 0 Å². The molecule has 1 rings (SSSR count). The van der Waals surface area contributed by atoms with E-state index in [2.05, 4.69) is 43.8 Å². The highest BCUT2D eigenvalue weighted by molar-refractivity contribution is 7.45. The van der Waals surface area contributed by atoms with E-state index >= 15 is 0 Å². The highest BCUT2D eigenvalue weighted by Gasteiger charge is 2.06. The number of phosphoric acid groups is 1. The molecule has 21 heavy (non-hydrogen) atoms. The van der Waals surface area contributed by atoms with Crippen LogP contribution in [-0.4, -0.2) is 17.8 Å². The van der Waals surface area contributed by atoms with Crippen molar-refractivity contribution >= 4 is 7.82 Å². The molecule has 0 bridgehead atoms. The molecule has 0 saturated carbocycles. The van der Waals surface area contributed by atoms with Crippen LogP contribution in [0.25, 0.3) is 0 Å². The molecule has 6 nitrogen and oxygen atoms in total. The number of hydrogen-bond acceptors (Lipinski definition) is 4. The predicted molar refractivity (Wildman–Crippen MR) is 80.6 cm³/mol. The van der Waals surface area contributed by atoms with Gasteiger partial charge in [0, 0.05) is 0 Å².